The number of hydrogen-bond acceptors (Lipinski definition) is 7. The fourth-order valence-corrected chi connectivity index (χ4v) is 4.78. The highest BCUT2D eigenvalue weighted by atomic mass is 15.6. The second kappa shape index (κ2) is 8.66. The van der Waals surface area contributed by atoms with Gasteiger partial charge in [-0.1, -0.05) is 78.9 Å². The molecule has 8 heteroatoms. The number of benzene rings is 3. The molecule has 0 spiro atoms. The average molecular weight is 461 g/mol. The molecular formula is C27H24N8. The van der Waals surface area contributed by atoms with E-state index in [2.05, 4.69) is 74.9 Å². The van der Waals surface area contributed by atoms with Crippen LogP contribution in [0.4, 0.5) is 11.5 Å². The Bertz CT molecular complexity index is 1450. The molecule has 0 bridgehead atoms. The van der Waals surface area contributed by atoms with E-state index < -0.39 is 0 Å². The largest absolute Gasteiger partial charge is 0.325 e. The molecule has 3 aromatic carbocycles. The molecule has 1 atom stereocenters. The number of nitrogens with two attached hydrogens (primary N) is 1. The smallest absolute Gasteiger partial charge is 0.180 e. The van der Waals surface area contributed by atoms with Gasteiger partial charge in [0, 0.05) is 18.3 Å². The summed E-state index contributed by atoms with van der Waals surface area (Å²) in [5.74, 6) is 8.21. The Morgan fingerprint density at radius 1 is 0.886 bits per heavy atom. The Kier molecular flexibility index (Phi) is 5.20. The highest BCUT2D eigenvalue weighted by Crippen LogP contribution is 2.45. The van der Waals surface area contributed by atoms with Gasteiger partial charge in [0.25, 0.3) is 0 Å². The van der Waals surface area contributed by atoms with Gasteiger partial charge >= 0.3 is 0 Å². The summed E-state index contributed by atoms with van der Waals surface area (Å²) in [5, 5.41) is 16.2. The number of anilines is 2. The molecule has 0 saturated carbocycles. The van der Waals surface area contributed by atoms with Crippen molar-refractivity contribution in [2.45, 2.75) is 19.6 Å². The summed E-state index contributed by atoms with van der Waals surface area (Å²) in [6.45, 7) is 2.74. The molecule has 1 unspecified atom stereocenters. The molecule has 0 amide bonds. The van der Waals surface area contributed by atoms with Crippen LogP contribution in [0.1, 0.15) is 22.9 Å². The van der Waals surface area contributed by atoms with Crippen LogP contribution in [-0.4, -0.2) is 25.6 Å². The molecule has 5 aromatic rings. The van der Waals surface area contributed by atoms with Crippen LogP contribution < -0.4 is 15.8 Å². The van der Waals surface area contributed by atoms with E-state index in [0.717, 1.165) is 44.9 Å². The Morgan fingerprint density at radius 3 is 2.37 bits per heavy atom. The molecule has 8 nitrogen and oxygen atoms in total. The Balaban J connectivity index is 1.35. The number of aromatic amines is 1. The number of rotatable bonds is 5. The summed E-state index contributed by atoms with van der Waals surface area (Å²) in [6.07, 6.45) is 1.71. The van der Waals surface area contributed by atoms with Gasteiger partial charge in [-0.2, -0.15) is 0 Å². The lowest BCUT2D eigenvalue weighted by atomic mass is 9.98. The van der Waals surface area contributed by atoms with E-state index in [0.29, 0.717) is 12.4 Å². The topological polar surface area (TPSA) is 99.9 Å². The van der Waals surface area contributed by atoms with Crippen molar-refractivity contribution in [3.63, 3.8) is 0 Å². The minimum Gasteiger partial charge on any atom is -0.325 e. The number of pyridine rings is 1. The summed E-state index contributed by atoms with van der Waals surface area (Å²) in [5.41, 5.74) is 7.48. The maximum absolute atomic E-state index is 6.66. The van der Waals surface area contributed by atoms with Crippen LogP contribution in [0, 0.1) is 6.92 Å². The zero-order valence-corrected chi connectivity index (χ0v) is 19.2. The van der Waals surface area contributed by atoms with Crippen molar-refractivity contribution in [3.05, 3.63) is 108 Å². The minimum atomic E-state index is -0.140. The summed E-state index contributed by atoms with van der Waals surface area (Å²) in [6, 6.07) is 29.0. The lowest BCUT2D eigenvalue weighted by molar-refractivity contribution is 0.615. The van der Waals surface area contributed by atoms with Crippen LogP contribution in [0.15, 0.2) is 91.1 Å². The Labute approximate surface area is 203 Å². The van der Waals surface area contributed by atoms with Gasteiger partial charge in [0.05, 0.1) is 0 Å². The van der Waals surface area contributed by atoms with Crippen LogP contribution in [0.3, 0.4) is 0 Å². The third kappa shape index (κ3) is 3.70. The predicted octanol–water partition coefficient (Wildman–Crippen LogP) is 4.64. The Hall–Kier alpha value is -4.56. The Morgan fingerprint density at radius 2 is 1.63 bits per heavy atom. The average Bonchev–Trinajstić information content (AvgIpc) is 3.53. The van der Waals surface area contributed by atoms with Crippen molar-refractivity contribution in [1.29, 1.82) is 0 Å². The van der Waals surface area contributed by atoms with Crippen molar-refractivity contribution in [3.8, 4) is 22.5 Å². The molecule has 2 aromatic heterocycles. The maximum atomic E-state index is 6.66. The van der Waals surface area contributed by atoms with Crippen LogP contribution in [-0.2, 0) is 6.54 Å². The van der Waals surface area contributed by atoms with Crippen LogP contribution in [0.5, 0.6) is 0 Å². The number of hydrazine groups is 1. The lowest BCUT2D eigenvalue weighted by Crippen LogP contribution is -2.39. The van der Waals surface area contributed by atoms with Gasteiger partial charge in [0.15, 0.2) is 11.6 Å². The van der Waals surface area contributed by atoms with Crippen molar-refractivity contribution in [1.82, 2.24) is 25.6 Å². The van der Waals surface area contributed by atoms with E-state index in [9.17, 15) is 0 Å². The molecule has 6 rings (SSSR count). The van der Waals surface area contributed by atoms with Crippen LogP contribution in [0.25, 0.3) is 22.5 Å². The van der Waals surface area contributed by atoms with E-state index >= 15 is 0 Å². The predicted molar refractivity (Wildman–Crippen MR) is 136 cm³/mol. The summed E-state index contributed by atoms with van der Waals surface area (Å²) in [7, 11) is 0. The minimum absolute atomic E-state index is 0.140. The van der Waals surface area contributed by atoms with Crippen LogP contribution >= 0.6 is 0 Å². The second-order valence-electron chi connectivity index (χ2n) is 8.61. The molecule has 1 aliphatic heterocycles. The quantitative estimate of drug-likeness (QED) is 0.369. The van der Waals surface area contributed by atoms with Gasteiger partial charge in [-0.05, 0) is 51.2 Å². The standard InChI is InChI=1S/C27H24N8/c1-18-15-16-29-26-24(18)35(28)27(21-7-3-2-4-8-21)34(26)17-19-11-13-20(14-12-19)22-9-5-6-10-23(22)25-30-32-33-31-25/h2-16,27H,17,28H2,1H3,(H,30,31,32,33). The first kappa shape index (κ1) is 21.0. The molecule has 0 saturated heterocycles. The van der Waals surface area contributed by atoms with Gasteiger partial charge in [0.1, 0.15) is 11.9 Å². The third-order valence-corrected chi connectivity index (χ3v) is 6.44. The molecule has 3 heterocycles. The van der Waals surface area contributed by atoms with Gasteiger partial charge in [-0.3, -0.25) is 5.01 Å². The van der Waals surface area contributed by atoms with Gasteiger partial charge in [0.2, 0.25) is 0 Å². The second-order valence-corrected chi connectivity index (χ2v) is 8.61. The number of fused-ring (bicyclic) bond motifs is 1. The number of tetrazole rings is 1. The van der Waals surface area contributed by atoms with Crippen molar-refractivity contribution in [2.24, 2.45) is 5.84 Å². The number of nitrogens with one attached hydrogen (secondary N) is 1. The first-order valence-electron chi connectivity index (χ1n) is 11.4. The zero-order chi connectivity index (χ0) is 23.8. The molecular weight excluding hydrogens is 436 g/mol. The summed E-state index contributed by atoms with van der Waals surface area (Å²) < 4.78 is 0. The molecule has 0 fully saturated rings. The number of aryl methyl sites for hydroxylation is 1. The fraction of sp³-hybridized carbons (Fsp3) is 0.111. The van der Waals surface area contributed by atoms with E-state index in [1.165, 1.54) is 0 Å². The zero-order valence-electron chi connectivity index (χ0n) is 19.2. The number of H-pyrrole nitrogens is 1. The number of nitrogens with zero attached hydrogens (tertiary/aromatic N) is 6. The van der Waals surface area contributed by atoms with Gasteiger partial charge in [-0.25, -0.2) is 15.9 Å². The molecule has 35 heavy (non-hydrogen) atoms. The molecule has 3 N–H and O–H groups in total. The normalized spacial score (nSPS) is 14.9. The van der Waals surface area contributed by atoms with E-state index in [1.807, 2.05) is 53.7 Å². The van der Waals surface area contributed by atoms with E-state index in [4.69, 9.17) is 10.8 Å². The molecule has 1 aliphatic rings. The number of aromatic nitrogens is 5. The first-order chi connectivity index (χ1) is 17.2. The monoisotopic (exact) mass is 460 g/mol. The highest BCUT2D eigenvalue weighted by molar-refractivity contribution is 5.80. The first-order valence-corrected chi connectivity index (χ1v) is 11.4. The summed E-state index contributed by atoms with van der Waals surface area (Å²) in [4.78, 5) is 6.98. The SMILES string of the molecule is Cc1ccnc2c1N(N)C(c1ccccc1)N2Cc1ccc(-c2ccccc2-c2nnn[nH]2)cc1. The third-order valence-electron chi connectivity index (χ3n) is 6.44. The van der Waals surface area contributed by atoms with E-state index in [-0.39, 0.29) is 6.17 Å². The number of hydrogen-bond donors (Lipinski definition) is 2. The molecule has 172 valence electrons. The molecule has 0 radical (unpaired) electrons. The highest BCUT2D eigenvalue weighted by Gasteiger charge is 2.37. The van der Waals surface area contributed by atoms with Crippen molar-refractivity contribution in [2.75, 3.05) is 9.91 Å². The van der Waals surface area contributed by atoms with Crippen LogP contribution in [0.2, 0.25) is 0 Å². The van der Waals surface area contributed by atoms with E-state index in [1.54, 1.807) is 0 Å². The van der Waals surface area contributed by atoms with Crippen molar-refractivity contribution >= 4 is 11.5 Å². The van der Waals surface area contributed by atoms with Gasteiger partial charge in [-0.15, -0.1) is 5.10 Å². The lowest BCUT2D eigenvalue weighted by Gasteiger charge is -2.30. The summed E-state index contributed by atoms with van der Waals surface area (Å²) >= 11 is 0. The van der Waals surface area contributed by atoms with Gasteiger partial charge < -0.3 is 4.90 Å². The maximum Gasteiger partial charge on any atom is 0.180 e. The van der Waals surface area contributed by atoms with Crippen molar-refractivity contribution < 1.29 is 0 Å². The fourth-order valence-electron chi connectivity index (χ4n) is 4.78. The molecule has 0 aliphatic carbocycles.